The second-order valence-electron chi connectivity index (χ2n) is 5.35. The van der Waals surface area contributed by atoms with Crippen molar-refractivity contribution in [2.24, 2.45) is 0 Å². The van der Waals surface area contributed by atoms with E-state index in [0.29, 0.717) is 0 Å². The summed E-state index contributed by atoms with van der Waals surface area (Å²) >= 11 is 2.54. The molecule has 3 heterocycles. The molecule has 100 valence electrons. The molecule has 0 amide bonds. The molecule has 1 aromatic carbocycles. The van der Waals surface area contributed by atoms with Gasteiger partial charge in [-0.1, -0.05) is 0 Å². The quantitative estimate of drug-likeness (QED) is 0.459. The molecule has 2 aromatic heterocycles. The van der Waals surface area contributed by atoms with Crippen LogP contribution in [-0.4, -0.2) is 14.7 Å². The van der Waals surface area contributed by atoms with E-state index in [0.717, 1.165) is 0 Å². The molecule has 0 bridgehead atoms. The van der Waals surface area contributed by atoms with Crippen LogP contribution in [0.5, 0.6) is 0 Å². The summed E-state index contributed by atoms with van der Waals surface area (Å²) in [6.45, 7) is 6.79. The molecule has 20 heavy (non-hydrogen) atoms. The maximum absolute atomic E-state index is 2.38. The normalized spacial score (nSPS) is 13.6. The van der Waals surface area contributed by atoms with Crippen LogP contribution in [0, 0.1) is 20.8 Å². The third kappa shape index (κ3) is 1.72. The molecule has 0 atom stereocenters. The fourth-order valence-corrected chi connectivity index (χ4v) is 12.9. The van der Waals surface area contributed by atoms with E-state index < -0.39 is 14.7 Å². The summed E-state index contributed by atoms with van der Waals surface area (Å²) in [6, 6.07) is 9.47. The van der Waals surface area contributed by atoms with E-state index in [1.165, 1.54) is 16.7 Å². The predicted molar refractivity (Wildman–Crippen MR) is 92.9 cm³/mol. The van der Waals surface area contributed by atoms with E-state index in [4.69, 9.17) is 0 Å². The van der Waals surface area contributed by atoms with Crippen LogP contribution in [0.2, 0.25) is 0 Å². The zero-order valence-corrected chi connectivity index (χ0v) is 15.2. The first-order valence-electron chi connectivity index (χ1n) is 6.70. The number of aryl methyl sites for hydroxylation is 3. The van der Waals surface area contributed by atoms with Gasteiger partial charge in [-0.2, -0.15) is 0 Å². The number of hydrogen-bond donors (Lipinski definition) is 0. The number of rotatable bonds is 1. The fraction of sp³-hybridized carbons (Fsp3) is 0.176. The first-order chi connectivity index (χ1) is 9.66. The van der Waals surface area contributed by atoms with Crippen molar-refractivity contribution in [1.82, 2.24) is 0 Å². The molecule has 3 heteroatoms. The van der Waals surface area contributed by atoms with Gasteiger partial charge in [-0.05, 0) is 0 Å². The molecule has 0 aliphatic carbocycles. The van der Waals surface area contributed by atoms with Gasteiger partial charge in [-0.25, -0.2) is 0 Å². The topological polar surface area (TPSA) is 0 Å². The summed E-state index contributed by atoms with van der Waals surface area (Å²) in [5.74, 6) is 0. The molecule has 0 radical (unpaired) electrons. The Labute approximate surface area is 132 Å². The fourth-order valence-electron chi connectivity index (χ4n) is 3.19. The first-order valence-corrected chi connectivity index (χ1v) is 11.3. The van der Waals surface area contributed by atoms with Gasteiger partial charge >= 0.3 is 133 Å². The van der Waals surface area contributed by atoms with Gasteiger partial charge in [0.05, 0.1) is 0 Å². The van der Waals surface area contributed by atoms with Gasteiger partial charge in [0.1, 0.15) is 0 Å². The monoisotopic (exact) mass is 358 g/mol. The Morgan fingerprint density at radius 2 is 1.30 bits per heavy atom. The number of fused-ring (bicyclic) bond motifs is 3. The van der Waals surface area contributed by atoms with Crippen LogP contribution in [0.15, 0.2) is 35.0 Å². The zero-order valence-electron chi connectivity index (χ0n) is 11.7. The Hall–Kier alpha value is -0.822. The Balaban J connectivity index is 2.02. The number of thiophene rings is 2. The van der Waals surface area contributed by atoms with Crippen molar-refractivity contribution in [2.75, 3.05) is 0 Å². The molecule has 0 N–H and O–H groups in total. The molecular formula is C17H15AsS2. The Bertz CT molecular complexity index is 747. The second-order valence-corrected chi connectivity index (χ2v) is 11.6. The number of hydrogen-bond acceptors (Lipinski definition) is 2. The molecule has 0 fully saturated rings. The third-order valence-corrected chi connectivity index (χ3v) is 12.5. The van der Waals surface area contributed by atoms with E-state index in [9.17, 15) is 0 Å². The molecule has 0 saturated heterocycles. The van der Waals surface area contributed by atoms with Crippen molar-refractivity contribution in [3.05, 3.63) is 51.7 Å². The summed E-state index contributed by atoms with van der Waals surface area (Å²) in [5, 5.41) is 4.54. The van der Waals surface area contributed by atoms with Gasteiger partial charge in [0.15, 0.2) is 0 Å². The van der Waals surface area contributed by atoms with Crippen molar-refractivity contribution in [3.8, 4) is 9.75 Å². The van der Waals surface area contributed by atoms with Crippen molar-refractivity contribution in [2.45, 2.75) is 20.8 Å². The van der Waals surface area contributed by atoms with Gasteiger partial charge in [-0.3, -0.25) is 0 Å². The van der Waals surface area contributed by atoms with Crippen molar-refractivity contribution < 1.29 is 0 Å². The number of benzene rings is 1. The molecule has 1 aliphatic heterocycles. The molecule has 0 unspecified atom stereocenters. The second kappa shape index (κ2) is 4.59. The first kappa shape index (κ1) is 12.9. The van der Waals surface area contributed by atoms with E-state index in [1.807, 2.05) is 22.7 Å². The minimum atomic E-state index is -1.30. The predicted octanol–water partition coefficient (Wildman–Crippen LogP) is 3.23. The Morgan fingerprint density at radius 3 is 1.80 bits per heavy atom. The van der Waals surface area contributed by atoms with Crippen LogP contribution in [0.1, 0.15) is 16.7 Å². The SMILES string of the molecule is Cc1cc(C)c([As]2c3ccsc3-c3sccc32)c(C)c1. The summed E-state index contributed by atoms with van der Waals surface area (Å²) < 4.78 is 4.96. The van der Waals surface area contributed by atoms with Gasteiger partial charge < -0.3 is 0 Å². The summed E-state index contributed by atoms with van der Waals surface area (Å²) in [5.41, 5.74) is 4.35. The van der Waals surface area contributed by atoms with Crippen molar-refractivity contribution in [3.63, 3.8) is 0 Å². The molecule has 0 saturated carbocycles. The van der Waals surface area contributed by atoms with Crippen LogP contribution in [0.4, 0.5) is 0 Å². The van der Waals surface area contributed by atoms with Crippen LogP contribution in [0.25, 0.3) is 9.75 Å². The van der Waals surface area contributed by atoms with E-state index >= 15 is 0 Å². The standard InChI is InChI=1S/C17H15AsS2/c1-10-8-11(2)15(12(3)9-10)18-13-4-6-19-16(13)17-14(18)5-7-20-17/h4-9H,1-3H3. The van der Waals surface area contributed by atoms with E-state index in [-0.39, 0.29) is 0 Å². The maximum atomic E-state index is 2.38. The van der Waals surface area contributed by atoms with Gasteiger partial charge in [0.2, 0.25) is 0 Å². The van der Waals surface area contributed by atoms with E-state index in [1.54, 1.807) is 22.8 Å². The molecular weight excluding hydrogens is 343 g/mol. The van der Waals surface area contributed by atoms with Crippen LogP contribution in [-0.2, 0) is 0 Å². The Morgan fingerprint density at radius 1 is 0.800 bits per heavy atom. The van der Waals surface area contributed by atoms with Crippen LogP contribution >= 0.6 is 22.7 Å². The zero-order chi connectivity index (χ0) is 13.9. The Kier molecular flexibility index (Phi) is 2.96. The van der Waals surface area contributed by atoms with Crippen molar-refractivity contribution >= 4 is 50.4 Å². The average molecular weight is 358 g/mol. The third-order valence-electron chi connectivity index (χ3n) is 3.84. The molecule has 3 aromatic rings. The van der Waals surface area contributed by atoms with Crippen LogP contribution < -0.4 is 13.1 Å². The summed E-state index contributed by atoms with van der Waals surface area (Å²) in [4.78, 5) is 3.10. The summed E-state index contributed by atoms with van der Waals surface area (Å²) in [6.07, 6.45) is 0. The average Bonchev–Trinajstić information content (AvgIpc) is 3.04. The van der Waals surface area contributed by atoms with Crippen LogP contribution in [0.3, 0.4) is 0 Å². The summed E-state index contributed by atoms with van der Waals surface area (Å²) in [7, 11) is 0. The molecule has 0 nitrogen and oxygen atoms in total. The van der Waals surface area contributed by atoms with Gasteiger partial charge in [0.25, 0.3) is 0 Å². The van der Waals surface area contributed by atoms with Gasteiger partial charge in [0, 0.05) is 0 Å². The van der Waals surface area contributed by atoms with E-state index in [2.05, 4.69) is 55.8 Å². The van der Waals surface area contributed by atoms with Crippen molar-refractivity contribution in [1.29, 1.82) is 0 Å². The van der Waals surface area contributed by atoms with Gasteiger partial charge in [-0.15, -0.1) is 0 Å². The molecule has 0 spiro atoms. The molecule has 1 aliphatic rings. The minimum absolute atomic E-state index is 1.30. The molecule has 4 rings (SSSR count).